The summed E-state index contributed by atoms with van der Waals surface area (Å²) >= 11 is 0. The zero-order chi connectivity index (χ0) is 26.3. The van der Waals surface area contributed by atoms with Crippen molar-refractivity contribution in [2.24, 2.45) is 28.6 Å². The number of amides is 2. The molecule has 0 aromatic rings. The fourth-order valence-corrected chi connectivity index (χ4v) is 6.16. The Hall–Kier alpha value is -2.17. The van der Waals surface area contributed by atoms with Crippen molar-refractivity contribution in [1.29, 1.82) is 0 Å². The van der Waals surface area contributed by atoms with Crippen LogP contribution in [0.15, 0.2) is 12.7 Å². The molecule has 194 valence electrons. The number of aliphatic hydroxyl groups is 3. The molecule has 34 heavy (non-hydrogen) atoms. The minimum atomic E-state index is -2.35. The molecular weight excluding hydrogens is 444 g/mol. The number of allylic oxidation sites excluding steroid dienone is 1. The summed E-state index contributed by atoms with van der Waals surface area (Å²) < 4.78 is 5.41. The Morgan fingerprint density at radius 1 is 1.21 bits per heavy atom. The number of carbonyl (C=O) groups excluding carboxylic acids is 3. The van der Waals surface area contributed by atoms with Gasteiger partial charge in [-0.3, -0.25) is 4.79 Å². The smallest absolute Gasteiger partial charge is 0.414 e. The molecule has 0 aliphatic heterocycles. The molecule has 7 atom stereocenters. The molecule has 10 nitrogen and oxygen atoms in total. The van der Waals surface area contributed by atoms with Gasteiger partial charge in [0.2, 0.25) is 5.79 Å². The first kappa shape index (κ1) is 28.1. The number of hydroxylamine groups is 1. The van der Waals surface area contributed by atoms with E-state index in [2.05, 4.69) is 11.4 Å². The molecule has 2 saturated carbocycles. The molecule has 10 heteroatoms. The first-order valence-electron chi connectivity index (χ1n) is 11.6. The van der Waals surface area contributed by atoms with Crippen LogP contribution in [-0.2, 0) is 14.4 Å². The standard InChI is InChI=1S/C24H40N2O8/c1-9-14(2)12-17(28)24(32)15(3)13-16(27)18-21(4,5)10-11-23(31,22(18,24)6)33-19(29)25-34-20(30)26(7)8/h9,14-16,18,27,31-32H,1,10-13H2,2-8H3,(H,25,29)/t14-,15+,16+,18+,22-,23+,24-/m1/s1. The summed E-state index contributed by atoms with van der Waals surface area (Å²) in [6.07, 6.45) is -1.16. The van der Waals surface area contributed by atoms with Crippen molar-refractivity contribution in [2.75, 3.05) is 14.1 Å². The second-order valence-electron chi connectivity index (χ2n) is 11.0. The van der Waals surface area contributed by atoms with Gasteiger partial charge in [-0.15, -0.1) is 12.1 Å². The lowest BCUT2D eigenvalue weighted by molar-refractivity contribution is -0.362. The van der Waals surface area contributed by atoms with Crippen molar-refractivity contribution < 1.29 is 39.3 Å². The van der Waals surface area contributed by atoms with Gasteiger partial charge in [0.25, 0.3) is 0 Å². The second-order valence-corrected chi connectivity index (χ2v) is 11.0. The minimum Gasteiger partial charge on any atom is -0.414 e. The molecule has 2 aliphatic carbocycles. The van der Waals surface area contributed by atoms with Gasteiger partial charge < -0.3 is 29.8 Å². The Morgan fingerprint density at radius 3 is 2.32 bits per heavy atom. The van der Waals surface area contributed by atoms with Gasteiger partial charge in [0, 0.05) is 32.9 Å². The molecule has 4 N–H and O–H groups in total. The van der Waals surface area contributed by atoms with Crippen LogP contribution in [0.2, 0.25) is 0 Å². The van der Waals surface area contributed by atoms with E-state index in [9.17, 15) is 29.7 Å². The third-order valence-corrected chi connectivity index (χ3v) is 8.05. The summed E-state index contributed by atoms with van der Waals surface area (Å²) in [5.41, 5.74) is -2.67. The van der Waals surface area contributed by atoms with E-state index in [1.807, 2.05) is 19.3 Å². The fourth-order valence-electron chi connectivity index (χ4n) is 6.16. The number of nitrogens with one attached hydrogen (secondary N) is 1. The maximum absolute atomic E-state index is 13.6. The average molecular weight is 485 g/mol. The molecule has 2 rings (SSSR count). The normalized spacial score (nSPS) is 37.5. The highest BCUT2D eigenvalue weighted by Crippen LogP contribution is 2.66. The summed E-state index contributed by atoms with van der Waals surface area (Å²) in [6, 6.07) is 0. The SMILES string of the molecule is C=C[C@@H](C)CC(=O)[C@]1(O)[C@@H](C)C[C@H](O)[C@H]2C(C)(C)CC[C@](O)(OC(=O)NOC(=O)N(C)C)[C@@]21C. The third-order valence-electron chi connectivity index (χ3n) is 8.05. The molecule has 2 fully saturated rings. The fraction of sp³-hybridized carbons (Fsp3) is 0.792. The number of Topliss-reactive ketones (excluding diaryl/α,β-unsaturated/α-hetero) is 1. The quantitative estimate of drug-likeness (QED) is 0.264. The van der Waals surface area contributed by atoms with E-state index in [-0.39, 0.29) is 25.2 Å². The molecule has 0 heterocycles. The van der Waals surface area contributed by atoms with Crippen molar-refractivity contribution in [2.45, 2.75) is 77.8 Å². The van der Waals surface area contributed by atoms with Gasteiger partial charge in [0.1, 0.15) is 5.60 Å². The van der Waals surface area contributed by atoms with E-state index in [1.165, 1.54) is 21.0 Å². The molecule has 0 bridgehead atoms. The molecule has 0 saturated heterocycles. The molecule has 2 amide bonds. The van der Waals surface area contributed by atoms with Gasteiger partial charge in [-0.05, 0) is 37.0 Å². The molecule has 0 spiro atoms. The van der Waals surface area contributed by atoms with Crippen molar-refractivity contribution >= 4 is 18.0 Å². The number of fused-ring (bicyclic) bond motifs is 1. The van der Waals surface area contributed by atoms with Crippen LogP contribution >= 0.6 is 0 Å². The van der Waals surface area contributed by atoms with Crippen LogP contribution < -0.4 is 5.48 Å². The van der Waals surface area contributed by atoms with Crippen molar-refractivity contribution in [3.05, 3.63) is 12.7 Å². The first-order chi connectivity index (χ1) is 15.5. The Balaban J connectivity index is 2.57. The van der Waals surface area contributed by atoms with Crippen molar-refractivity contribution in [1.82, 2.24) is 10.4 Å². The van der Waals surface area contributed by atoms with Crippen molar-refractivity contribution in [3.63, 3.8) is 0 Å². The number of aliphatic hydroxyl groups excluding tert-OH is 1. The van der Waals surface area contributed by atoms with E-state index >= 15 is 0 Å². The van der Waals surface area contributed by atoms with E-state index in [4.69, 9.17) is 4.74 Å². The number of ether oxygens (including phenoxy) is 1. The van der Waals surface area contributed by atoms with Gasteiger partial charge in [-0.2, -0.15) is 0 Å². The topological polar surface area (TPSA) is 146 Å². The maximum atomic E-state index is 13.6. The minimum absolute atomic E-state index is 0.0358. The van der Waals surface area contributed by atoms with Gasteiger partial charge >= 0.3 is 12.2 Å². The van der Waals surface area contributed by atoms with Crippen LogP contribution in [0.25, 0.3) is 0 Å². The number of rotatable bonds is 5. The molecule has 2 aliphatic rings. The van der Waals surface area contributed by atoms with Crippen LogP contribution in [0.4, 0.5) is 9.59 Å². The summed E-state index contributed by atoms with van der Waals surface area (Å²) in [7, 11) is 2.83. The monoisotopic (exact) mass is 484 g/mol. The molecule has 0 aromatic carbocycles. The predicted molar refractivity (Wildman–Crippen MR) is 123 cm³/mol. The molecule has 0 radical (unpaired) electrons. The van der Waals surface area contributed by atoms with Gasteiger partial charge in [0.05, 0.1) is 11.5 Å². The maximum Gasteiger partial charge on any atom is 0.443 e. The van der Waals surface area contributed by atoms with Gasteiger partial charge in [-0.25, -0.2) is 9.59 Å². The number of nitrogens with zero attached hydrogens (tertiary/aromatic N) is 1. The van der Waals surface area contributed by atoms with E-state index in [1.54, 1.807) is 19.9 Å². The predicted octanol–water partition coefficient (Wildman–Crippen LogP) is 2.37. The van der Waals surface area contributed by atoms with E-state index in [0.717, 1.165) is 4.90 Å². The average Bonchev–Trinajstić information content (AvgIpc) is 2.73. The lowest BCUT2D eigenvalue weighted by atomic mass is 9.41. The Morgan fingerprint density at radius 2 is 1.79 bits per heavy atom. The molecule has 0 unspecified atom stereocenters. The lowest BCUT2D eigenvalue weighted by Crippen LogP contribution is -2.78. The van der Waals surface area contributed by atoms with Crippen molar-refractivity contribution in [3.8, 4) is 0 Å². The molecular formula is C24H40N2O8. The Kier molecular flexibility index (Phi) is 7.82. The van der Waals surface area contributed by atoms with Crippen LogP contribution in [0.3, 0.4) is 0 Å². The van der Waals surface area contributed by atoms with Gasteiger partial charge in [-0.1, -0.05) is 33.8 Å². The highest BCUT2D eigenvalue weighted by atomic mass is 16.8. The number of hydrogen-bond acceptors (Lipinski definition) is 8. The summed E-state index contributed by atoms with van der Waals surface area (Å²) in [4.78, 5) is 43.5. The number of hydrogen-bond donors (Lipinski definition) is 4. The van der Waals surface area contributed by atoms with E-state index in [0.29, 0.717) is 6.42 Å². The molecule has 0 aromatic heterocycles. The highest BCUT2D eigenvalue weighted by molar-refractivity contribution is 5.89. The largest absolute Gasteiger partial charge is 0.443 e. The zero-order valence-corrected chi connectivity index (χ0v) is 21.3. The van der Waals surface area contributed by atoms with Gasteiger partial charge in [0.15, 0.2) is 5.78 Å². The lowest BCUT2D eigenvalue weighted by Gasteiger charge is -2.67. The van der Waals surface area contributed by atoms with Crippen LogP contribution in [-0.4, -0.2) is 69.8 Å². The third kappa shape index (κ3) is 4.43. The summed E-state index contributed by atoms with van der Waals surface area (Å²) in [5.74, 6) is -4.64. The van der Waals surface area contributed by atoms with E-state index < -0.39 is 58.1 Å². The zero-order valence-electron chi connectivity index (χ0n) is 21.3. The number of ketones is 1. The summed E-state index contributed by atoms with van der Waals surface area (Å²) in [6.45, 7) is 12.4. The first-order valence-corrected chi connectivity index (χ1v) is 11.6. The van der Waals surface area contributed by atoms with Crippen LogP contribution in [0.1, 0.15) is 60.3 Å². The highest BCUT2D eigenvalue weighted by Gasteiger charge is 2.76. The summed E-state index contributed by atoms with van der Waals surface area (Å²) in [5, 5.41) is 35.1. The Labute approximate surface area is 201 Å². The van der Waals surface area contributed by atoms with Crippen LogP contribution in [0.5, 0.6) is 0 Å². The Bertz CT molecular complexity index is 830. The second kappa shape index (κ2) is 9.47. The number of carbonyl (C=O) groups is 3. The van der Waals surface area contributed by atoms with Crippen LogP contribution in [0, 0.1) is 28.6 Å².